The van der Waals surface area contributed by atoms with Gasteiger partial charge in [-0.2, -0.15) is 0 Å². The maximum Gasteiger partial charge on any atom is 0.255 e. The van der Waals surface area contributed by atoms with E-state index < -0.39 is 0 Å². The highest BCUT2D eigenvalue weighted by Crippen LogP contribution is 2.31. The summed E-state index contributed by atoms with van der Waals surface area (Å²) < 4.78 is 3.14. The first kappa shape index (κ1) is 15.3. The van der Waals surface area contributed by atoms with Crippen LogP contribution in [-0.4, -0.2) is 38.7 Å². The summed E-state index contributed by atoms with van der Waals surface area (Å²) in [5.41, 5.74) is 2.05. The van der Waals surface area contributed by atoms with E-state index in [-0.39, 0.29) is 11.8 Å². The molecule has 0 radical (unpaired) electrons. The van der Waals surface area contributed by atoms with Crippen molar-refractivity contribution in [1.29, 1.82) is 0 Å². The van der Waals surface area contributed by atoms with Gasteiger partial charge in [0.25, 0.3) is 5.91 Å². The molecule has 1 aliphatic heterocycles. The minimum Gasteiger partial charge on any atom is -0.338 e. The highest BCUT2D eigenvalue weighted by molar-refractivity contribution is 7.17. The molecule has 1 fully saturated rings. The van der Waals surface area contributed by atoms with Gasteiger partial charge in [-0.25, -0.2) is 0 Å². The van der Waals surface area contributed by atoms with Crippen molar-refractivity contribution in [2.75, 3.05) is 13.1 Å². The fourth-order valence-corrected chi connectivity index (χ4v) is 4.54. The molecule has 0 aliphatic carbocycles. The first-order valence-corrected chi connectivity index (χ1v) is 9.12. The van der Waals surface area contributed by atoms with E-state index >= 15 is 0 Å². The summed E-state index contributed by atoms with van der Waals surface area (Å²) in [6.07, 6.45) is 3.79. The van der Waals surface area contributed by atoms with E-state index in [4.69, 9.17) is 0 Å². The summed E-state index contributed by atoms with van der Waals surface area (Å²) in [4.78, 5) is 15.0. The molecule has 6 heteroatoms. The van der Waals surface area contributed by atoms with Crippen molar-refractivity contribution in [3.63, 3.8) is 0 Å². The average Bonchev–Trinajstić information content (AvgIpc) is 3.20. The van der Waals surface area contributed by atoms with Crippen LogP contribution in [0.1, 0.15) is 40.5 Å². The second-order valence-electron chi connectivity index (χ2n) is 6.54. The van der Waals surface area contributed by atoms with Crippen molar-refractivity contribution in [3.8, 4) is 0 Å². The fraction of sp³-hybridized carbons (Fsp3) is 0.389. The van der Waals surface area contributed by atoms with Crippen molar-refractivity contribution in [2.45, 2.75) is 25.7 Å². The third kappa shape index (κ3) is 2.60. The third-order valence-electron chi connectivity index (χ3n) is 4.78. The van der Waals surface area contributed by atoms with Gasteiger partial charge in [0.1, 0.15) is 12.2 Å². The molecule has 4 rings (SSSR count). The van der Waals surface area contributed by atoms with Gasteiger partial charge in [0, 0.05) is 41.5 Å². The van der Waals surface area contributed by atoms with Gasteiger partial charge in [0.15, 0.2) is 0 Å². The molecule has 1 amide bonds. The van der Waals surface area contributed by atoms with Crippen LogP contribution < -0.4 is 0 Å². The highest BCUT2D eigenvalue weighted by atomic mass is 32.1. The van der Waals surface area contributed by atoms with E-state index in [2.05, 4.69) is 35.3 Å². The van der Waals surface area contributed by atoms with Crippen molar-refractivity contribution in [3.05, 3.63) is 46.9 Å². The Balaban J connectivity index is 1.60. The lowest BCUT2D eigenvalue weighted by molar-refractivity contribution is 0.0706. The summed E-state index contributed by atoms with van der Waals surface area (Å²) >= 11 is 1.65. The van der Waals surface area contributed by atoms with Gasteiger partial charge in [0.2, 0.25) is 0 Å². The molecule has 2 aromatic heterocycles. The normalized spacial score (nSPS) is 18.2. The summed E-state index contributed by atoms with van der Waals surface area (Å²) in [6, 6.07) is 6.29. The van der Waals surface area contributed by atoms with Crippen LogP contribution in [0.4, 0.5) is 0 Å². The molecule has 1 aliphatic rings. The predicted molar refractivity (Wildman–Crippen MR) is 95.4 cm³/mol. The van der Waals surface area contributed by atoms with Crippen molar-refractivity contribution in [1.82, 2.24) is 19.7 Å². The number of nitrogens with zero attached hydrogens (tertiary/aromatic N) is 4. The quantitative estimate of drug-likeness (QED) is 0.719. The number of carbonyl (C=O) groups excluding carboxylic acids is 1. The maximum absolute atomic E-state index is 13.0. The monoisotopic (exact) mass is 340 g/mol. The van der Waals surface area contributed by atoms with Gasteiger partial charge in [-0.1, -0.05) is 12.1 Å². The Kier molecular flexibility index (Phi) is 3.84. The van der Waals surface area contributed by atoms with Crippen molar-refractivity contribution < 1.29 is 4.79 Å². The Labute approximate surface area is 144 Å². The number of aryl methyl sites for hydroxylation is 2. The van der Waals surface area contributed by atoms with Crippen LogP contribution in [-0.2, 0) is 7.05 Å². The van der Waals surface area contributed by atoms with Crippen molar-refractivity contribution in [2.24, 2.45) is 7.05 Å². The summed E-state index contributed by atoms with van der Waals surface area (Å²) in [6.45, 7) is 3.61. The highest BCUT2D eigenvalue weighted by Gasteiger charge is 2.29. The molecule has 5 nitrogen and oxygen atoms in total. The van der Waals surface area contributed by atoms with Gasteiger partial charge < -0.3 is 9.47 Å². The van der Waals surface area contributed by atoms with Gasteiger partial charge >= 0.3 is 0 Å². The van der Waals surface area contributed by atoms with Crippen LogP contribution in [0.3, 0.4) is 0 Å². The number of benzene rings is 1. The summed E-state index contributed by atoms with van der Waals surface area (Å²) in [7, 11) is 1.96. The number of rotatable bonds is 2. The van der Waals surface area contributed by atoms with Crippen molar-refractivity contribution >= 4 is 27.3 Å². The standard InChI is InChI=1S/C18H20N4OS/c1-12-5-6-14-15(10-24-16(14)8-12)18(23)22-7-3-4-13(9-22)17-20-19-11-21(17)2/h5-6,8,10-11,13H,3-4,7,9H2,1-2H3/t13-/m0/s1. The van der Waals surface area contributed by atoms with Crippen LogP contribution in [0.15, 0.2) is 29.9 Å². The molecule has 0 saturated carbocycles. The van der Waals surface area contributed by atoms with E-state index in [1.54, 1.807) is 17.7 Å². The number of piperidine rings is 1. The average molecular weight is 340 g/mol. The fourth-order valence-electron chi connectivity index (χ4n) is 3.51. The minimum absolute atomic E-state index is 0.136. The molecule has 3 heterocycles. The van der Waals surface area contributed by atoms with Gasteiger partial charge in [-0.15, -0.1) is 21.5 Å². The predicted octanol–water partition coefficient (Wildman–Crippen LogP) is 3.36. The number of hydrogen-bond donors (Lipinski definition) is 0. The SMILES string of the molecule is Cc1ccc2c(C(=O)N3CCC[C@H](c4nncn4C)C3)csc2c1. The molecule has 1 aromatic carbocycles. The number of aromatic nitrogens is 3. The van der Waals surface area contributed by atoms with E-state index in [1.807, 2.05) is 21.9 Å². The van der Waals surface area contributed by atoms with Crippen LogP contribution in [0.25, 0.3) is 10.1 Å². The second-order valence-corrected chi connectivity index (χ2v) is 7.45. The molecule has 3 aromatic rings. The Morgan fingerprint density at radius 2 is 2.25 bits per heavy atom. The first-order valence-electron chi connectivity index (χ1n) is 8.24. The first-order chi connectivity index (χ1) is 11.6. The summed E-state index contributed by atoms with van der Waals surface area (Å²) in [5.74, 6) is 1.37. The van der Waals surface area contributed by atoms with Crippen LogP contribution in [0.5, 0.6) is 0 Å². The molecule has 1 atom stereocenters. The molecule has 0 N–H and O–H groups in total. The molecular formula is C18H20N4OS. The van der Waals surface area contributed by atoms with Crippen LogP contribution >= 0.6 is 11.3 Å². The number of thiophene rings is 1. The van der Waals surface area contributed by atoms with Crippen LogP contribution in [0.2, 0.25) is 0 Å². The van der Waals surface area contributed by atoms with E-state index in [9.17, 15) is 4.79 Å². The minimum atomic E-state index is 0.136. The van der Waals surface area contributed by atoms with Crippen LogP contribution in [0, 0.1) is 6.92 Å². The molecule has 0 spiro atoms. The number of carbonyl (C=O) groups is 1. The van der Waals surface area contributed by atoms with Gasteiger partial charge in [-0.3, -0.25) is 4.79 Å². The lowest BCUT2D eigenvalue weighted by Gasteiger charge is -2.32. The Hall–Kier alpha value is -2.21. The maximum atomic E-state index is 13.0. The Bertz CT molecular complexity index is 897. The van der Waals surface area contributed by atoms with E-state index in [0.717, 1.165) is 36.2 Å². The zero-order valence-corrected chi connectivity index (χ0v) is 14.7. The largest absolute Gasteiger partial charge is 0.338 e. The number of likely N-dealkylation sites (tertiary alicyclic amines) is 1. The molecule has 124 valence electrons. The zero-order valence-electron chi connectivity index (χ0n) is 13.9. The lowest BCUT2D eigenvalue weighted by Crippen LogP contribution is -2.39. The Morgan fingerprint density at radius 3 is 3.04 bits per heavy atom. The number of fused-ring (bicyclic) bond motifs is 1. The van der Waals surface area contributed by atoms with E-state index in [0.29, 0.717) is 6.54 Å². The molecule has 24 heavy (non-hydrogen) atoms. The molecule has 1 saturated heterocycles. The smallest absolute Gasteiger partial charge is 0.255 e. The molecule has 0 unspecified atom stereocenters. The van der Waals surface area contributed by atoms with Gasteiger partial charge in [0.05, 0.1) is 5.56 Å². The zero-order chi connectivity index (χ0) is 16.7. The topological polar surface area (TPSA) is 51.0 Å². The lowest BCUT2D eigenvalue weighted by atomic mass is 9.96. The Morgan fingerprint density at radius 1 is 1.38 bits per heavy atom. The number of hydrogen-bond acceptors (Lipinski definition) is 4. The molecule has 0 bridgehead atoms. The molecular weight excluding hydrogens is 320 g/mol. The summed E-state index contributed by atoms with van der Waals surface area (Å²) in [5, 5.41) is 11.3. The number of amides is 1. The third-order valence-corrected chi connectivity index (χ3v) is 5.73. The second kappa shape index (κ2) is 6.02. The van der Waals surface area contributed by atoms with E-state index in [1.165, 1.54) is 10.3 Å². The van der Waals surface area contributed by atoms with Gasteiger partial charge in [-0.05, 0) is 31.4 Å².